The molecule has 0 spiro atoms. The minimum atomic E-state index is -0.244. The molecule has 0 unspecified atom stereocenters. The molecule has 1 aromatic heterocycles. The van der Waals surface area contributed by atoms with Crippen molar-refractivity contribution in [3.63, 3.8) is 0 Å². The predicted molar refractivity (Wildman–Crippen MR) is 105 cm³/mol. The van der Waals surface area contributed by atoms with Crippen molar-refractivity contribution in [3.8, 4) is 0 Å². The highest BCUT2D eigenvalue weighted by atomic mass is 32.2. The Hall–Kier alpha value is -1.99. The van der Waals surface area contributed by atoms with Crippen molar-refractivity contribution in [2.45, 2.75) is 48.7 Å². The van der Waals surface area contributed by atoms with Crippen molar-refractivity contribution in [2.24, 2.45) is 0 Å². The van der Waals surface area contributed by atoms with E-state index >= 15 is 0 Å². The van der Waals surface area contributed by atoms with Crippen LogP contribution in [0.15, 0.2) is 47.9 Å². The highest BCUT2D eigenvalue weighted by Gasteiger charge is 2.24. The average molecular weight is 389 g/mol. The minimum absolute atomic E-state index is 0.0436. The number of rotatable bonds is 7. The van der Waals surface area contributed by atoms with E-state index in [0.717, 1.165) is 36.4 Å². The lowest BCUT2D eigenvalue weighted by Gasteiger charge is -2.29. The van der Waals surface area contributed by atoms with Crippen LogP contribution in [-0.4, -0.2) is 45.7 Å². The fourth-order valence-electron chi connectivity index (χ4n) is 3.30. The van der Waals surface area contributed by atoms with E-state index in [4.69, 9.17) is 0 Å². The number of thioether (sulfide) groups is 1. The van der Waals surface area contributed by atoms with Crippen molar-refractivity contribution in [2.75, 3.05) is 13.6 Å². The Bertz CT molecular complexity index is 721. The maximum Gasteiger partial charge on any atom is 0.234 e. The lowest BCUT2D eigenvalue weighted by atomic mass is 9.95. The van der Waals surface area contributed by atoms with Gasteiger partial charge in [0, 0.05) is 30.2 Å². The van der Waals surface area contributed by atoms with E-state index in [1.54, 1.807) is 36.3 Å². The molecule has 1 aliphatic carbocycles. The number of carbonyl (C=O) groups is 1. The second-order valence-corrected chi connectivity index (χ2v) is 8.26. The van der Waals surface area contributed by atoms with E-state index in [0.29, 0.717) is 18.3 Å². The number of hydrogen-bond donors (Lipinski definition) is 1. The van der Waals surface area contributed by atoms with Crippen molar-refractivity contribution in [3.05, 3.63) is 54.1 Å². The number of hydrogen-bond acceptors (Lipinski definition) is 5. The van der Waals surface area contributed by atoms with E-state index < -0.39 is 0 Å². The van der Waals surface area contributed by atoms with Gasteiger partial charge >= 0.3 is 0 Å². The van der Waals surface area contributed by atoms with Gasteiger partial charge in [0.1, 0.15) is 5.82 Å². The maximum absolute atomic E-state index is 13.0. The third kappa shape index (κ3) is 6.59. The molecule has 0 saturated heterocycles. The average Bonchev–Trinajstić information content (AvgIpc) is 2.66. The molecule has 1 aromatic carbocycles. The molecular formula is C20H25FN4OS. The van der Waals surface area contributed by atoms with Gasteiger partial charge in [-0.3, -0.25) is 9.69 Å². The zero-order valence-electron chi connectivity index (χ0n) is 15.5. The van der Waals surface area contributed by atoms with Gasteiger partial charge in [-0.05, 0) is 56.5 Å². The zero-order valence-corrected chi connectivity index (χ0v) is 16.3. The first kappa shape index (κ1) is 19.8. The Morgan fingerprint density at radius 2 is 1.85 bits per heavy atom. The van der Waals surface area contributed by atoms with Crippen molar-refractivity contribution < 1.29 is 9.18 Å². The molecule has 5 nitrogen and oxygen atoms in total. The van der Waals surface area contributed by atoms with Crippen molar-refractivity contribution in [1.29, 1.82) is 0 Å². The highest BCUT2D eigenvalue weighted by Crippen LogP contribution is 2.31. The normalized spacial score (nSPS) is 19.8. The predicted octanol–water partition coefficient (Wildman–Crippen LogP) is 3.27. The van der Waals surface area contributed by atoms with Gasteiger partial charge in [0.25, 0.3) is 0 Å². The maximum atomic E-state index is 13.0. The molecule has 1 saturated carbocycles. The number of amides is 1. The van der Waals surface area contributed by atoms with Crippen LogP contribution in [0.25, 0.3) is 0 Å². The van der Waals surface area contributed by atoms with Gasteiger partial charge in [0.2, 0.25) is 5.91 Å². The van der Waals surface area contributed by atoms with Crippen LogP contribution in [0.2, 0.25) is 0 Å². The SMILES string of the molecule is CN(CC(=O)NC1CCC(Sc2ncccn2)CC1)Cc1ccc(F)cc1. The Morgan fingerprint density at radius 1 is 1.19 bits per heavy atom. The Kier molecular flexibility index (Phi) is 7.18. The monoisotopic (exact) mass is 388 g/mol. The summed E-state index contributed by atoms with van der Waals surface area (Å²) in [5, 5.41) is 4.49. The largest absolute Gasteiger partial charge is 0.352 e. The van der Waals surface area contributed by atoms with Crippen LogP contribution in [0.4, 0.5) is 4.39 Å². The molecule has 1 heterocycles. The second-order valence-electron chi connectivity index (χ2n) is 6.99. The quantitative estimate of drug-likeness (QED) is 0.738. The fraction of sp³-hybridized carbons (Fsp3) is 0.450. The summed E-state index contributed by atoms with van der Waals surface area (Å²) >= 11 is 1.73. The number of likely N-dealkylation sites (N-methyl/N-ethyl adjacent to an activating group) is 1. The first-order chi connectivity index (χ1) is 13.1. The number of carbonyl (C=O) groups excluding carboxylic acids is 1. The Morgan fingerprint density at radius 3 is 2.52 bits per heavy atom. The summed E-state index contributed by atoms with van der Waals surface area (Å²) in [6, 6.07) is 8.45. The minimum Gasteiger partial charge on any atom is -0.352 e. The number of halogens is 1. The third-order valence-electron chi connectivity index (χ3n) is 4.63. The van der Waals surface area contributed by atoms with E-state index in [9.17, 15) is 9.18 Å². The van der Waals surface area contributed by atoms with Crippen LogP contribution in [-0.2, 0) is 11.3 Å². The van der Waals surface area contributed by atoms with Gasteiger partial charge in [-0.2, -0.15) is 0 Å². The van der Waals surface area contributed by atoms with Crippen LogP contribution in [0.5, 0.6) is 0 Å². The molecule has 0 aliphatic heterocycles. The molecule has 0 atom stereocenters. The van der Waals surface area contributed by atoms with E-state index in [2.05, 4.69) is 15.3 Å². The summed E-state index contributed by atoms with van der Waals surface area (Å²) < 4.78 is 13.0. The van der Waals surface area contributed by atoms with Gasteiger partial charge in [-0.1, -0.05) is 23.9 Å². The smallest absolute Gasteiger partial charge is 0.234 e. The number of aromatic nitrogens is 2. The lowest BCUT2D eigenvalue weighted by molar-refractivity contribution is -0.122. The van der Waals surface area contributed by atoms with Crippen LogP contribution in [0.3, 0.4) is 0 Å². The van der Waals surface area contributed by atoms with Crippen LogP contribution in [0, 0.1) is 5.82 Å². The van der Waals surface area contributed by atoms with Gasteiger partial charge in [-0.25, -0.2) is 14.4 Å². The molecule has 1 N–H and O–H groups in total. The molecule has 7 heteroatoms. The summed E-state index contributed by atoms with van der Waals surface area (Å²) in [5.74, 6) is -0.200. The lowest BCUT2D eigenvalue weighted by Crippen LogP contribution is -2.42. The molecule has 2 aromatic rings. The van der Waals surface area contributed by atoms with Crippen LogP contribution < -0.4 is 5.32 Å². The van der Waals surface area contributed by atoms with E-state index in [-0.39, 0.29) is 17.8 Å². The van der Waals surface area contributed by atoms with Gasteiger partial charge < -0.3 is 5.32 Å². The summed E-state index contributed by atoms with van der Waals surface area (Å²) in [6.07, 6.45) is 7.61. The molecule has 1 fully saturated rings. The summed E-state index contributed by atoms with van der Waals surface area (Å²) in [5.41, 5.74) is 0.993. The molecule has 1 amide bonds. The molecule has 3 rings (SSSR count). The molecule has 144 valence electrons. The Balaban J connectivity index is 1.37. The van der Waals surface area contributed by atoms with Gasteiger partial charge in [0.05, 0.1) is 6.54 Å². The molecule has 1 aliphatic rings. The Labute approximate surface area is 163 Å². The number of nitrogens with one attached hydrogen (secondary N) is 1. The van der Waals surface area contributed by atoms with Crippen LogP contribution in [0.1, 0.15) is 31.2 Å². The fourth-order valence-corrected chi connectivity index (χ4v) is 4.35. The molecular weight excluding hydrogens is 363 g/mol. The zero-order chi connectivity index (χ0) is 19.1. The number of benzene rings is 1. The van der Waals surface area contributed by atoms with E-state index in [1.807, 2.05) is 18.0 Å². The van der Waals surface area contributed by atoms with Gasteiger partial charge in [0.15, 0.2) is 5.16 Å². The summed E-state index contributed by atoms with van der Waals surface area (Å²) in [4.78, 5) is 22.8. The highest BCUT2D eigenvalue weighted by molar-refractivity contribution is 7.99. The van der Waals surface area contributed by atoms with Crippen molar-refractivity contribution >= 4 is 17.7 Å². The first-order valence-corrected chi connectivity index (χ1v) is 10.1. The summed E-state index contributed by atoms with van der Waals surface area (Å²) in [7, 11) is 1.90. The number of nitrogens with zero attached hydrogens (tertiary/aromatic N) is 3. The molecule has 0 radical (unpaired) electrons. The first-order valence-electron chi connectivity index (χ1n) is 9.24. The summed E-state index contributed by atoms with van der Waals surface area (Å²) in [6.45, 7) is 0.956. The molecule has 0 bridgehead atoms. The van der Waals surface area contributed by atoms with Crippen LogP contribution >= 0.6 is 11.8 Å². The molecule has 27 heavy (non-hydrogen) atoms. The third-order valence-corrected chi connectivity index (χ3v) is 5.86. The second kappa shape index (κ2) is 9.80. The standard InChI is InChI=1S/C20H25FN4OS/c1-25(13-15-3-5-16(21)6-4-15)14-19(26)24-17-7-9-18(10-8-17)27-20-22-11-2-12-23-20/h2-6,11-12,17-18H,7-10,13-14H2,1H3,(H,24,26). The topological polar surface area (TPSA) is 58.1 Å². The van der Waals surface area contributed by atoms with E-state index in [1.165, 1.54) is 12.1 Å². The van der Waals surface area contributed by atoms with Gasteiger partial charge in [-0.15, -0.1) is 0 Å². The van der Waals surface area contributed by atoms with Crippen molar-refractivity contribution in [1.82, 2.24) is 20.2 Å².